The van der Waals surface area contributed by atoms with E-state index in [1.54, 1.807) is 6.07 Å². The second-order valence-corrected chi connectivity index (χ2v) is 2.89. The van der Waals surface area contributed by atoms with Crippen molar-refractivity contribution < 1.29 is 13.6 Å². The largest absolute Gasteiger partial charge is 0.351 e. The summed E-state index contributed by atoms with van der Waals surface area (Å²) in [4.78, 5) is 10.9. The highest BCUT2D eigenvalue weighted by Gasteiger charge is 2.03. The first-order chi connectivity index (χ1) is 7.11. The maximum absolute atomic E-state index is 12.7. The fraction of sp³-hybridized carbons (Fsp3) is 0.200. The van der Waals surface area contributed by atoms with Crippen LogP contribution in [0.1, 0.15) is 12.0 Å². The number of carbonyl (C=O) groups is 1. The van der Waals surface area contributed by atoms with Gasteiger partial charge >= 0.3 is 0 Å². The summed E-state index contributed by atoms with van der Waals surface area (Å²) in [5, 5.41) is 10.6. The lowest BCUT2D eigenvalue weighted by molar-refractivity contribution is -0.120. The number of nitriles is 1. The van der Waals surface area contributed by atoms with Crippen LogP contribution in [0.5, 0.6) is 0 Å². The summed E-state index contributed by atoms with van der Waals surface area (Å²) in [6.07, 6.45) is -0.266. The molecule has 0 saturated heterocycles. The Morgan fingerprint density at radius 3 is 2.47 bits per heavy atom. The molecule has 0 spiro atoms. The third kappa shape index (κ3) is 3.73. The van der Waals surface area contributed by atoms with Gasteiger partial charge in [0, 0.05) is 12.6 Å². The number of hydrogen-bond acceptors (Lipinski definition) is 2. The minimum absolute atomic E-state index is 0.00912. The number of benzene rings is 1. The molecule has 1 aromatic rings. The van der Waals surface area contributed by atoms with Crippen molar-refractivity contribution in [1.82, 2.24) is 5.32 Å². The monoisotopic (exact) mass is 210 g/mol. The molecule has 78 valence electrons. The Hall–Kier alpha value is -1.96. The number of nitrogens with zero attached hydrogens (tertiary/aromatic N) is 1. The Balaban J connectivity index is 2.58. The van der Waals surface area contributed by atoms with Gasteiger partial charge in [0.1, 0.15) is 18.1 Å². The van der Waals surface area contributed by atoms with E-state index in [-0.39, 0.29) is 13.0 Å². The van der Waals surface area contributed by atoms with Crippen molar-refractivity contribution in [2.24, 2.45) is 0 Å². The Morgan fingerprint density at radius 1 is 1.33 bits per heavy atom. The summed E-state index contributed by atoms with van der Waals surface area (Å²) in [5.41, 5.74) is 0.318. The Kier molecular flexibility index (Phi) is 3.75. The maximum Gasteiger partial charge on any atom is 0.234 e. The molecule has 1 aromatic carbocycles. The Bertz CT molecular complexity index is 392. The van der Waals surface area contributed by atoms with E-state index in [0.717, 1.165) is 18.2 Å². The van der Waals surface area contributed by atoms with Gasteiger partial charge in [0.25, 0.3) is 0 Å². The molecule has 0 fully saturated rings. The van der Waals surface area contributed by atoms with E-state index in [1.807, 2.05) is 0 Å². The Morgan fingerprint density at radius 2 is 1.93 bits per heavy atom. The molecule has 5 heteroatoms. The number of rotatable bonds is 3. The first-order valence-electron chi connectivity index (χ1n) is 4.20. The molecule has 0 bridgehead atoms. The minimum Gasteiger partial charge on any atom is -0.351 e. The van der Waals surface area contributed by atoms with Crippen LogP contribution in [0.15, 0.2) is 18.2 Å². The van der Waals surface area contributed by atoms with Gasteiger partial charge < -0.3 is 5.32 Å². The lowest BCUT2D eigenvalue weighted by atomic mass is 10.2. The zero-order chi connectivity index (χ0) is 11.3. The minimum atomic E-state index is -0.695. The van der Waals surface area contributed by atoms with Crippen LogP contribution in [0.25, 0.3) is 0 Å². The average Bonchev–Trinajstić information content (AvgIpc) is 2.14. The smallest absolute Gasteiger partial charge is 0.234 e. The van der Waals surface area contributed by atoms with Crippen LogP contribution in [0, 0.1) is 23.0 Å². The highest BCUT2D eigenvalue weighted by molar-refractivity contribution is 5.77. The van der Waals surface area contributed by atoms with Crippen LogP contribution in [-0.2, 0) is 11.3 Å². The van der Waals surface area contributed by atoms with Gasteiger partial charge in [-0.25, -0.2) is 8.78 Å². The molecule has 0 aliphatic rings. The van der Waals surface area contributed by atoms with Crippen molar-refractivity contribution in [3.63, 3.8) is 0 Å². The van der Waals surface area contributed by atoms with Gasteiger partial charge in [-0.3, -0.25) is 4.79 Å². The van der Waals surface area contributed by atoms with Gasteiger partial charge in [0.15, 0.2) is 0 Å². The van der Waals surface area contributed by atoms with Crippen LogP contribution in [-0.4, -0.2) is 5.91 Å². The van der Waals surface area contributed by atoms with Crippen molar-refractivity contribution >= 4 is 5.91 Å². The number of hydrogen-bond donors (Lipinski definition) is 1. The lowest BCUT2D eigenvalue weighted by Gasteiger charge is -2.03. The molecule has 0 heterocycles. The summed E-state index contributed by atoms with van der Waals surface area (Å²) in [6.45, 7) is 0.00912. The molecule has 0 atom stereocenters. The van der Waals surface area contributed by atoms with Gasteiger partial charge in [0.05, 0.1) is 6.07 Å². The predicted octanol–water partition coefficient (Wildman–Crippen LogP) is 1.49. The summed E-state index contributed by atoms with van der Waals surface area (Å²) in [6, 6.07) is 4.66. The van der Waals surface area contributed by atoms with E-state index in [4.69, 9.17) is 5.26 Å². The number of carbonyl (C=O) groups excluding carboxylic acids is 1. The molecule has 1 rings (SSSR count). The fourth-order valence-electron chi connectivity index (χ4n) is 1.05. The lowest BCUT2D eigenvalue weighted by Crippen LogP contribution is -2.21. The molecule has 1 amide bonds. The maximum atomic E-state index is 12.7. The van der Waals surface area contributed by atoms with Crippen molar-refractivity contribution in [2.45, 2.75) is 13.0 Å². The summed E-state index contributed by atoms with van der Waals surface area (Å²) in [7, 11) is 0. The second kappa shape index (κ2) is 5.05. The fourth-order valence-corrected chi connectivity index (χ4v) is 1.05. The highest BCUT2D eigenvalue weighted by Crippen LogP contribution is 2.07. The molecule has 0 aliphatic carbocycles. The molecule has 15 heavy (non-hydrogen) atoms. The molecule has 0 saturated carbocycles. The molecular weight excluding hydrogens is 202 g/mol. The second-order valence-electron chi connectivity index (χ2n) is 2.89. The summed E-state index contributed by atoms with van der Waals surface area (Å²) in [5.74, 6) is -1.86. The van der Waals surface area contributed by atoms with Gasteiger partial charge in [-0.2, -0.15) is 5.26 Å². The van der Waals surface area contributed by atoms with Crippen LogP contribution in [0.4, 0.5) is 8.78 Å². The quantitative estimate of drug-likeness (QED) is 0.821. The van der Waals surface area contributed by atoms with Gasteiger partial charge in [0.2, 0.25) is 5.91 Å². The Labute approximate surface area is 85.3 Å². The topological polar surface area (TPSA) is 52.9 Å². The first-order valence-corrected chi connectivity index (χ1v) is 4.20. The first kappa shape index (κ1) is 11.1. The molecular formula is C10H8F2N2O. The molecule has 0 aliphatic heterocycles. The van der Waals surface area contributed by atoms with E-state index >= 15 is 0 Å². The molecule has 0 unspecified atom stereocenters. The number of nitrogens with one attached hydrogen (secondary N) is 1. The third-order valence-corrected chi connectivity index (χ3v) is 1.65. The normalized spacial score (nSPS) is 9.40. The highest BCUT2D eigenvalue weighted by atomic mass is 19.1. The van der Waals surface area contributed by atoms with E-state index in [9.17, 15) is 13.6 Å². The van der Waals surface area contributed by atoms with Crippen molar-refractivity contribution in [3.8, 4) is 6.07 Å². The van der Waals surface area contributed by atoms with E-state index in [0.29, 0.717) is 5.56 Å². The molecule has 1 N–H and O–H groups in total. The van der Waals surface area contributed by atoms with Crippen LogP contribution in [0.2, 0.25) is 0 Å². The third-order valence-electron chi connectivity index (χ3n) is 1.65. The van der Waals surface area contributed by atoms with Gasteiger partial charge in [-0.1, -0.05) is 0 Å². The zero-order valence-corrected chi connectivity index (χ0v) is 7.76. The van der Waals surface area contributed by atoms with Crippen molar-refractivity contribution in [3.05, 3.63) is 35.4 Å². The average molecular weight is 210 g/mol. The van der Waals surface area contributed by atoms with E-state index in [2.05, 4.69) is 5.32 Å². The van der Waals surface area contributed by atoms with Crippen LogP contribution >= 0.6 is 0 Å². The van der Waals surface area contributed by atoms with Crippen LogP contribution in [0.3, 0.4) is 0 Å². The van der Waals surface area contributed by atoms with Gasteiger partial charge in [-0.15, -0.1) is 0 Å². The SMILES string of the molecule is N#CCC(=O)NCc1cc(F)cc(F)c1. The summed E-state index contributed by atoms with van der Waals surface area (Å²) < 4.78 is 25.4. The molecule has 0 aromatic heterocycles. The van der Waals surface area contributed by atoms with Crippen molar-refractivity contribution in [1.29, 1.82) is 5.26 Å². The standard InChI is InChI=1S/C10H8F2N2O/c11-8-3-7(4-9(12)5-8)6-14-10(15)1-2-13/h3-5H,1,6H2,(H,14,15). The molecule has 3 nitrogen and oxygen atoms in total. The van der Waals surface area contributed by atoms with Crippen LogP contribution < -0.4 is 5.32 Å². The zero-order valence-electron chi connectivity index (χ0n) is 7.76. The predicted molar refractivity (Wildman–Crippen MR) is 48.4 cm³/mol. The van der Waals surface area contributed by atoms with Crippen molar-refractivity contribution in [2.75, 3.05) is 0 Å². The van der Waals surface area contributed by atoms with Gasteiger partial charge in [-0.05, 0) is 17.7 Å². The van der Waals surface area contributed by atoms with E-state index < -0.39 is 17.5 Å². The van der Waals surface area contributed by atoms with E-state index in [1.165, 1.54) is 0 Å². The summed E-state index contributed by atoms with van der Waals surface area (Å²) >= 11 is 0. The number of amides is 1. The molecule has 0 radical (unpaired) electrons. The number of halogens is 2.